The van der Waals surface area contributed by atoms with Crippen LogP contribution in [0.15, 0.2) is 16.0 Å². The molecule has 0 aliphatic heterocycles. The molecule has 0 atom stereocenters. The lowest BCUT2D eigenvalue weighted by molar-refractivity contribution is 0.975. The van der Waals surface area contributed by atoms with Crippen LogP contribution in [0.1, 0.15) is 32.4 Å². The normalized spacial score (nSPS) is 11.5. The number of nitrogens with zero attached hydrogens (tertiary/aromatic N) is 2. The van der Waals surface area contributed by atoms with Gasteiger partial charge < -0.3 is 0 Å². The molecule has 0 unspecified atom stereocenters. The van der Waals surface area contributed by atoms with Crippen molar-refractivity contribution < 1.29 is 0 Å². The van der Waals surface area contributed by atoms with Gasteiger partial charge in [0.2, 0.25) is 5.95 Å². The molecule has 5 nitrogen and oxygen atoms in total. The lowest BCUT2D eigenvalue weighted by Crippen LogP contribution is -2.11. The summed E-state index contributed by atoms with van der Waals surface area (Å²) in [5.74, 6) is 0.385. The zero-order valence-electron chi connectivity index (χ0n) is 9.29. The van der Waals surface area contributed by atoms with E-state index in [2.05, 4.69) is 27.4 Å². The van der Waals surface area contributed by atoms with Gasteiger partial charge in [-0.15, -0.1) is 0 Å². The average Bonchev–Trinajstić information content (AvgIpc) is 2.14. The molecule has 1 aromatic heterocycles. The number of rotatable bonds is 4. The summed E-state index contributed by atoms with van der Waals surface area (Å²) in [4.78, 5) is 17.8. The van der Waals surface area contributed by atoms with Crippen molar-refractivity contribution in [1.82, 2.24) is 9.97 Å². The summed E-state index contributed by atoms with van der Waals surface area (Å²) in [6.45, 7) is 5.79. The van der Waals surface area contributed by atoms with Crippen molar-refractivity contribution in [3.8, 4) is 0 Å². The van der Waals surface area contributed by atoms with Crippen LogP contribution in [0.3, 0.4) is 0 Å². The van der Waals surface area contributed by atoms with Gasteiger partial charge in [0.15, 0.2) is 0 Å². The summed E-state index contributed by atoms with van der Waals surface area (Å²) in [7, 11) is 0. The lowest BCUT2D eigenvalue weighted by atomic mass is 10.2. The number of nitrogens with one attached hydrogen (secondary N) is 2. The van der Waals surface area contributed by atoms with Gasteiger partial charge in [-0.05, 0) is 20.3 Å². The Morgan fingerprint density at radius 1 is 1.67 bits per heavy atom. The fraction of sp³-hybridized carbons (Fsp3) is 0.500. The maximum absolute atomic E-state index is 11.1. The van der Waals surface area contributed by atoms with E-state index in [4.69, 9.17) is 0 Å². The molecule has 2 N–H and O–H groups in total. The molecule has 0 bridgehead atoms. The predicted molar refractivity (Wildman–Crippen MR) is 61.2 cm³/mol. The van der Waals surface area contributed by atoms with Crippen LogP contribution in [0, 0.1) is 6.92 Å². The summed E-state index contributed by atoms with van der Waals surface area (Å²) in [5.41, 5.74) is 4.22. The van der Waals surface area contributed by atoms with Crippen LogP contribution < -0.4 is 11.0 Å². The molecule has 5 heteroatoms. The number of H-pyrrole nitrogens is 1. The highest BCUT2D eigenvalue weighted by molar-refractivity contribution is 5.82. The number of anilines is 1. The van der Waals surface area contributed by atoms with Gasteiger partial charge in [0, 0.05) is 17.5 Å². The molecule has 1 rings (SSSR count). The molecule has 15 heavy (non-hydrogen) atoms. The highest BCUT2D eigenvalue weighted by atomic mass is 16.1. The van der Waals surface area contributed by atoms with Crippen LogP contribution in [0.4, 0.5) is 5.95 Å². The largest absolute Gasteiger partial charge is 0.291 e. The number of hydrogen-bond acceptors (Lipinski definition) is 4. The van der Waals surface area contributed by atoms with Crippen LogP contribution in [0.2, 0.25) is 0 Å². The first-order valence-electron chi connectivity index (χ1n) is 4.99. The summed E-state index contributed by atoms with van der Waals surface area (Å²) in [5, 5.41) is 4.10. The Morgan fingerprint density at radius 2 is 2.40 bits per heavy atom. The van der Waals surface area contributed by atoms with E-state index in [-0.39, 0.29) is 5.56 Å². The van der Waals surface area contributed by atoms with E-state index in [0.29, 0.717) is 11.6 Å². The molecule has 0 aliphatic rings. The minimum Gasteiger partial charge on any atom is -0.291 e. The van der Waals surface area contributed by atoms with E-state index < -0.39 is 0 Å². The number of aromatic nitrogens is 2. The second kappa shape index (κ2) is 5.29. The summed E-state index contributed by atoms with van der Waals surface area (Å²) >= 11 is 0. The molecule has 0 aliphatic carbocycles. The second-order valence-electron chi connectivity index (χ2n) is 3.44. The van der Waals surface area contributed by atoms with Crippen molar-refractivity contribution in [3.63, 3.8) is 0 Å². The van der Waals surface area contributed by atoms with Gasteiger partial charge in [-0.2, -0.15) is 5.10 Å². The van der Waals surface area contributed by atoms with E-state index in [1.165, 1.54) is 6.07 Å². The van der Waals surface area contributed by atoms with Gasteiger partial charge in [0.25, 0.3) is 5.56 Å². The quantitative estimate of drug-likeness (QED) is 0.584. The molecular weight excluding hydrogens is 192 g/mol. The molecule has 0 fully saturated rings. The van der Waals surface area contributed by atoms with Crippen LogP contribution in [-0.4, -0.2) is 15.7 Å². The van der Waals surface area contributed by atoms with Gasteiger partial charge in [-0.3, -0.25) is 9.78 Å². The molecule has 1 aromatic rings. The monoisotopic (exact) mass is 208 g/mol. The Hall–Kier alpha value is -1.65. The third kappa shape index (κ3) is 3.93. The van der Waals surface area contributed by atoms with Crippen LogP contribution in [0.5, 0.6) is 0 Å². The SMILES string of the molecule is CCC/C(C)=N/Nc1nc(C)cc(=O)[nH]1. The third-order valence-corrected chi connectivity index (χ3v) is 1.83. The standard InChI is InChI=1S/C10H16N4O/c1-4-5-7(2)13-14-10-11-8(3)6-9(15)12-10/h6H,4-5H2,1-3H3,(H2,11,12,14,15)/b13-7+. The van der Waals surface area contributed by atoms with Gasteiger partial charge in [-0.1, -0.05) is 13.3 Å². The number of aryl methyl sites for hydroxylation is 1. The van der Waals surface area contributed by atoms with Crippen molar-refractivity contribution in [1.29, 1.82) is 0 Å². The fourth-order valence-corrected chi connectivity index (χ4v) is 1.20. The van der Waals surface area contributed by atoms with Crippen molar-refractivity contribution in [2.75, 3.05) is 5.43 Å². The van der Waals surface area contributed by atoms with Crippen LogP contribution >= 0.6 is 0 Å². The van der Waals surface area contributed by atoms with E-state index in [1.54, 1.807) is 6.92 Å². The van der Waals surface area contributed by atoms with Crippen LogP contribution in [-0.2, 0) is 0 Å². The molecule has 0 saturated carbocycles. The van der Waals surface area contributed by atoms with E-state index >= 15 is 0 Å². The third-order valence-electron chi connectivity index (χ3n) is 1.83. The highest BCUT2D eigenvalue weighted by Crippen LogP contribution is 1.97. The minimum absolute atomic E-state index is 0.173. The zero-order valence-corrected chi connectivity index (χ0v) is 9.29. The predicted octanol–water partition coefficient (Wildman–Crippen LogP) is 1.67. The molecule has 82 valence electrons. The van der Waals surface area contributed by atoms with E-state index in [9.17, 15) is 4.79 Å². The topological polar surface area (TPSA) is 70.1 Å². The summed E-state index contributed by atoms with van der Waals surface area (Å²) in [6, 6.07) is 1.44. The second-order valence-corrected chi connectivity index (χ2v) is 3.44. The number of aromatic amines is 1. The maximum atomic E-state index is 11.1. The number of hydrazone groups is 1. The Balaban J connectivity index is 2.73. The highest BCUT2D eigenvalue weighted by Gasteiger charge is 1.96. The van der Waals surface area contributed by atoms with E-state index in [0.717, 1.165) is 18.6 Å². The maximum Gasteiger partial charge on any atom is 0.252 e. The molecule has 0 amide bonds. The van der Waals surface area contributed by atoms with Crippen molar-refractivity contribution in [2.45, 2.75) is 33.6 Å². The first kappa shape index (κ1) is 11.4. The van der Waals surface area contributed by atoms with Crippen molar-refractivity contribution in [2.24, 2.45) is 5.10 Å². The van der Waals surface area contributed by atoms with Gasteiger partial charge in [0.1, 0.15) is 0 Å². The number of hydrogen-bond donors (Lipinski definition) is 2. The molecule has 1 heterocycles. The smallest absolute Gasteiger partial charge is 0.252 e. The Morgan fingerprint density at radius 3 is 3.00 bits per heavy atom. The average molecular weight is 208 g/mol. The summed E-state index contributed by atoms with van der Waals surface area (Å²) in [6.07, 6.45) is 1.98. The van der Waals surface area contributed by atoms with E-state index in [1.807, 2.05) is 6.92 Å². The Bertz CT molecular complexity index is 408. The van der Waals surface area contributed by atoms with Crippen LogP contribution in [0.25, 0.3) is 0 Å². The van der Waals surface area contributed by atoms with Gasteiger partial charge in [-0.25, -0.2) is 10.4 Å². The molecule has 0 radical (unpaired) electrons. The molecule has 0 saturated heterocycles. The Labute approximate surface area is 88.6 Å². The molecule has 0 aromatic carbocycles. The minimum atomic E-state index is -0.173. The lowest BCUT2D eigenvalue weighted by Gasteiger charge is -2.01. The Kier molecular flexibility index (Phi) is 4.03. The zero-order chi connectivity index (χ0) is 11.3. The first-order chi connectivity index (χ1) is 7.11. The fourth-order valence-electron chi connectivity index (χ4n) is 1.20. The van der Waals surface area contributed by atoms with Gasteiger partial charge >= 0.3 is 0 Å². The van der Waals surface area contributed by atoms with Crippen molar-refractivity contribution >= 4 is 11.7 Å². The summed E-state index contributed by atoms with van der Waals surface area (Å²) < 4.78 is 0. The molecule has 0 spiro atoms. The molecular formula is C10H16N4O. The van der Waals surface area contributed by atoms with Gasteiger partial charge in [0.05, 0.1) is 0 Å². The first-order valence-corrected chi connectivity index (χ1v) is 4.99. The van der Waals surface area contributed by atoms with Crippen molar-refractivity contribution in [3.05, 3.63) is 22.1 Å².